The summed E-state index contributed by atoms with van der Waals surface area (Å²) in [5.41, 5.74) is 2.50. The van der Waals surface area contributed by atoms with Crippen molar-refractivity contribution in [3.05, 3.63) is 34.3 Å². The van der Waals surface area contributed by atoms with Gasteiger partial charge in [0.05, 0.1) is 0 Å². The van der Waals surface area contributed by atoms with Crippen molar-refractivity contribution < 1.29 is 0 Å². The summed E-state index contributed by atoms with van der Waals surface area (Å²) in [7, 11) is 0. The number of rotatable bonds is 3. The van der Waals surface area contributed by atoms with E-state index in [1.807, 2.05) is 6.07 Å². The summed E-state index contributed by atoms with van der Waals surface area (Å²) in [5.74, 6) is 0. The number of aryl methyl sites for hydroxylation is 1. The molecule has 1 aliphatic carbocycles. The molecule has 0 aromatic heterocycles. The smallest absolute Gasteiger partial charge is 0.0435 e. The quantitative estimate of drug-likeness (QED) is 0.806. The lowest BCUT2D eigenvalue weighted by Crippen LogP contribution is -2.34. The molecule has 0 atom stereocenters. The molecule has 14 heavy (non-hydrogen) atoms. The number of hydrogen-bond donors (Lipinski definition) is 1. The highest BCUT2D eigenvalue weighted by Crippen LogP contribution is 2.20. The van der Waals surface area contributed by atoms with Gasteiger partial charge in [-0.3, -0.25) is 0 Å². The van der Waals surface area contributed by atoms with Crippen LogP contribution in [0.4, 0.5) is 0 Å². The standard InChI is InChI=1S/C12H16ClN/c1-9-7-10(5-6-12(9)13)8-14-11-3-2-4-11/h5-7,11,14H,2-4,8H2,1H3. The molecule has 2 rings (SSSR count). The van der Waals surface area contributed by atoms with E-state index in [0.717, 1.165) is 17.6 Å². The molecular formula is C12H16ClN. The van der Waals surface area contributed by atoms with Crippen LogP contribution in [0.2, 0.25) is 5.02 Å². The summed E-state index contributed by atoms with van der Waals surface area (Å²) in [4.78, 5) is 0. The van der Waals surface area contributed by atoms with E-state index in [4.69, 9.17) is 11.6 Å². The first kappa shape index (κ1) is 10.0. The van der Waals surface area contributed by atoms with Gasteiger partial charge in [-0.25, -0.2) is 0 Å². The predicted molar refractivity (Wildman–Crippen MR) is 60.7 cm³/mol. The minimum Gasteiger partial charge on any atom is -0.310 e. The Bertz CT molecular complexity index is 318. The van der Waals surface area contributed by atoms with E-state index < -0.39 is 0 Å². The highest BCUT2D eigenvalue weighted by Gasteiger charge is 2.15. The summed E-state index contributed by atoms with van der Waals surface area (Å²) in [5, 5.41) is 4.40. The normalized spacial score (nSPS) is 16.7. The van der Waals surface area contributed by atoms with Crippen molar-refractivity contribution in [3.63, 3.8) is 0 Å². The van der Waals surface area contributed by atoms with Crippen molar-refractivity contribution in [2.45, 2.75) is 38.8 Å². The van der Waals surface area contributed by atoms with Crippen molar-refractivity contribution in [2.24, 2.45) is 0 Å². The second kappa shape index (κ2) is 4.33. The lowest BCUT2D eigenvalue weighted by Gasteiger charge is -2.26. The van der Waals surface area contributed by atoms with Crippen molar-refractivity contribution in [2.75, 3.05) is 0 Å². The largest absolute Gasteiger partial charge is 0.310 e. The molecule has 0 aliphatic heterocycles. The zero-order valence-corrected chi connectivity index (χ0v) is 9.27. The fourth-order valence-corrected chi connectivity index (χ4v) is 1.81. The molecule has 1 N–H and O–H groups in total. The fourth-order valence-electron chi connectivity index (χ4n) is 1.69. The van der Waals surface area contributed by atoms with Gasteiger partial charge in [-0.2, -0.15) is 0 Å². The molecule has 0 saturated heterocycles. The van der Waals surface area contributed by atoms with Gasteiger partial charge in [-0.1, -0.05) is 30.2 Å². The summed E-state index contributed by atoms with van der Waals surface area (Å²) >= 11 is 5.96. The van der Waals surface area contributed by atoms with Gasteiger partial charge in [0.15, 0.2) is 0 Å². The van der Waals surface area contributed by atoms with Crippen molar-refractivity contribution in [3.8, 4) is 0 Å². The average molecular weight is 210 g/mol. The van der Waals surface area contributed by atoms with Gasteiger partial charge in [-0.05, 0) is 37.0 Å². The van der Waals surface area contributed by atoms with Crippen LogP contribution in [0.15, 0.2) is 18.2 Å². The molecule has 0 unspecified atom stereocenters. The summed E-state index contributed by atoms with van der Waals surface area (Å²) < 4.78 is 0. The van der Waals surface area contributed by atoms with Gasteiger partial charge in [-0.15, -0.1) is 0 Å². The van der Waals surface area contributed by atoms with Gasteiger partial charge < -0.3 is 5.32 Å². The summed E-state index contributed by atoms with van der Waals surface area (Å²) in [6, 6.07) is 7.00. The molecule has 2 heteroatoms. The van der Waals surface area contributed by atoms with Crippen molar-refractivity contribution in [1.82, 2.24) is 5.32 Å². The van der Waals surface area contributed by atoms with Crippen LogP contribution in [0.25, 0.3) is 0 Å². The van der Waals surface area contributed by atoms with Crippen LogP contribution in [0.1, 0.15) is 30.4 Å². The first-order valence-corrected chi connectivity index (χ1v) is 5.62. The monoisotopic (exact) mass is 209 g/mol. The lowest BCUT2D eigenvalue weighted by atomic mass is 9.93. The van der Waals surface area contributed by atoms with E-state index in [9.17, 15) is 0 Å². The molecule has 76 valence electrons. The highest BCUT2D eigenvalue weighted by molar-refractivity contribution is 6.31. The van der Waals surface area contributed by atoms with Crippen LogP contribution in [0.5, 0.6) is 0 Å². The third kappa shape index (κ3) is 2.28. The van der Waals surface area contributed by atoms with E-state index in [2.05, 4.69) is 24.4 Å². The molecule has 0 bridgehead atoms. The molecule has 1 aromatic rings. The van der Waals surface area contributed by atoms with Crippen molar-refractivity contribution >= 4 is 11.6 Å². The number of benzene rings is 1. The molecule has 1 aromatic carbocycles. The van der Waals surface area contributed by atoms with Crippen molar-refractivity contribution in [1.29, 1.82) is 0 Å². The van der Waals surface area contributed by atoms with Crippen LogP contribution in [-0.2, 0) is 6.54 Å². The summed E-state index contributed by atoms with van der Waals surface area (Å²) in [6.45, 7) is 3.03. The van der Waals surface area contributed by atoms with E-state index in [1.165, 1.54) is 30.4 Å². The molecule has 0 spiro atoms. The van der Waals surface area contributed by atoms with Crippen LogP contribution < -0.4 is 5.32 Å². The zero-order valence-electron chi connectivity index (χ0n) is 8.52. The third-order valence-corrected chi connectivity index (χ3v) is 3.35. The first-order valence-electron chi connectivity index (χ1n) is 5.24. The van der Waals surface area contributed by atoms with E-state index in [1.54, 1.807) is 0 Å². The molecular weight excluding hydrogens is 194 g/mol. The van der Waals surface area contributed by atoms with Gasteiger partial charge in [0.25, 0.3) is 0 Å². The van der Waals surface area contributed by atoms with Gasteiger partial charge in [0.2, 0.25) is 0 Å². The van der Waals surface area contributed by atoms with Gasteiger partial charge in [0, 0.05) is 17.6 Å². The Kier molecular flexibility index (Phi) is 3.09. The Morgan fingerprint density at radius 2 is 2.21 bits per heavy atom. The summed E-state index contributed by atoms with van der Waals surface area (Å²) in [6.07, 6.45) is 4.07. The zero-order chi connectivity index (χ0) is 9.97. The van der Waals surface area contributed by atoms with Crippen LogP contribution in [0, 0.1) is 6.92 Å². The highest BCUT2D eigenvalue weighted by atomic mass is 35.5. The molecule has 1 fully saturated rings. The van der Waals surface area contributed by atoms with Crippen LogP contribution >= 0.6 is 11.6 Å². The Morgan fingerprint density at radius 1 is 1.43 bits per heavy atom. The Hall–Kier alpha value is -0.530. The first-order chi connectivity index (χ1) is 6.75. The Morgan fingerprint density at radius 3 is 2.79 bits per heavy atom. The Labute approximate surface area is 90.5 Å². The number of halogens is 1. The van der Waals surface area contributed by atoms with E-state index in [0.29, 0.717) is 0 Å². The van der Waals surface area contributed by atoms with Gasteiger partial charge in [0.1, 0.15) is 0 Å². The fraction of sp³-hybridized carbons (Fsp3) is 0.500. The molecule has 0 heterocycles. The maximum atomic E-state index is 5.96. The maximum Gasteiger partial charge on any atom is 0.0435 e. The second-order valence-electron chi connectivity index (χ2n) is 4.09. The lowest BCUT2D eigenvalue weighted by molar-refractivity contribution is 0.338. The predicted octanol–water partition coefficient (Wildman–Crippen LogP) is 3.29. The third-order valence-electron chi connectivity index (χ3n) is 2.92. The second-order valence-corrected chi connectivity index (χ2v) is 4.50. The van der Waals surface area contributed by atoms with Gasteiger partial charge >= 0.3 is 0 Å². The number of nitrogens with one attached hydrogen (secondary N) is 1. The molecule has 0 amide bonds. The molecule has 1 nitrogen and oxygen atoms in total. The number of hydrogen-bond acceptors (Lipinski definition) is 1. The Balaban J connectivity index is 1.91. The molecule has 1 aliphatic rings. The average Bonchev–Trinajstić information content (AvgIpc) is 2.08. The van der Waals surface area contributed by atoms with Crippen LogP contribution in [-0.4, -0.2) is 6.04 Å². The SMILES string of the molecule is Cc1cc(CNC2CCC2)ccc1Cl. The minimum absolute atomic E-state index is 0.756. The van der Waals surface area contributed by atoms with E-state index in [-0.39, 0.29) is 0 Å². The van der Waals surface area contributed by atoms with E-state index >= 15 is 0 Å². The molecule has 0 radical (unpaired) electrons. The maximum absolute atomic E-state index is 5.96. The van der Waals surface area contributed by atoms with Crippen LogP contribution in [0.3, 0.4) is 0 Å². The topological polar surface area (TPSA) is 12.0 Å². The minimum atomic E-state index is 0.756. The molecule has 1 saturated carbocycles.